The van der Waals surface area contributed by atoms with Crippen LogP contribution in [0.3, 0.4) is 0 Å². The van der Waals surface area contributed by atoms with Crippen molar-refractivity contribution in [1.29, 1.82) is 0 Å². The average Bonchev–Trinajstić information content (AvgIpc) is 3.14. The lowest BCUT2D eigenvalue weighted by Crippen LogP contribution is -2.36. The fourth-order valence-corrected chi connectivity index (χ4v) is 4.61. The van der Waals surface area contributed by atoms with E-state index in [1.54, 1.807) is 6.20 Å². The van der Waals surface area contributed by atoms with E-state index >= 15 is 0 Å². The van der Waals surface area contributed by atoms with Gasteiger partial charge in [-0.05, 0) is 59.7 Å². The Hall–Kier alpha value is -3.77. The van der Waals surface area contributed by atoms with Gasteiger partial charge >= 0.3 is 0 Å². The van der Waals surface area contributed by atoms with E-state index in [2.05, 4.69) is 40.4 Å². The minimum atomic E-state index is 0.0505. The van der Waals surface area contributed by atoms with Crippen LogP contribution in [-0.2, 0) is 17.7 Å². The van der Waals surface area contributed by atoms with Crippen molar-refractivity contribution >= 4 is 22.4 Å². The van der Waals surface area contributed by atoms with Gasteiger partial charge in [0.1, 0.15) is 0 Å². The number of carbonyl (C=O) groups is 1. The van der Waals surface area contributed by atoms with Crippen LogP contribution in [0, 0.1) is 12.8 Å². The van der Waals surface area contributed by atoms with Crippen molar-refractivity contribution in [2.45, 2.75) is 19.9 Å². The molecule has 2 aromatic carbocycles. The van der Waals surface area contributed by atoms with Gasteiger partial charge in [0, 0.05) is 67.0 Å². The molecule has 5 rings (SSSR count). The summed E-state index contributed by atoms with van der Waals surface area (Å²) in [5, 5.41) is 5.78. The van der Waals surface area contributed by atoms with Crippen LogP contribution < -0.4 is 5.32 Å². The van der Waals surface area contributed by atoms with Gasteiger partial charge in [-0.1, -0.05) is 30.3 Å². The molecule has 0 unspecified atom stereocenters. The SMILES string of the molecule is Cc1ccc(C(=O)N2CCOC[C@@H](Cc3ccc4cnccc4c3)C2)cc1NCc1cccnc1. The van der Waals surface area contributed by atoms with Crippen LogP contribution in [0.15, 0.2) is 79.4 Å². The first kappa shape index (κ1) is 23.0. The number of fused-ring (bicyclic) bond motifs is 1. The molecular formula is C29H30N4O2. The third-order valence-corrected chi connectivity index (χ3v) is 6.54. The number of hydrogen-bond acceptors (Lipinski definition) is 5. The number of aryl methyl sites for hydroxylation is 1. The number of anilines is 1. The number of ether oxygens (including phenoxy) is 1. The molecule has 3 heterocycles. The van der Waals surface area contributed by atoms with Crippen LogP contribution in [0.2, 0.25) is 0 Å². The van der Waals surface area contributed by atoms with Crippen LogP contribution in [0.4, 0.5) is 5.69 Å². The summed E-state index contributed by atoms with van der Waals surface area (Å²) in [6.45, 7) is 5.21. The standard InChI is InChI=1S/C29H30N4O2/c1-21-4-6-26(15-28(21)32-17-23-3-2-9-30-16-23)29(34)33-11-12-35-20-24(19-33)13-22-5-7-27-18-31-10-8-25(27)14-22/h2-10,14-16,18,24,32H,11-13,17,19-20H2,1H3/t24-/m0/s1. The summed E-state index contributed by atoms with van der Waals surface area (Å²) in [6, 6.07) is 18.4. The summed E-state index contributed by atoms with van der Waals surface area (Å²) in [7, 11) is 0. The van der Waals surface area contributed by atoms with Gasteiger partial charge in [-0.3, -0.25) is 14.8 Å². The molecule has 1 amide bonds. The first-order valence-corrected chi connectivity index (χ1v) is 12.1. The van der Waals surface area contributed by atoms with Crippen LogP contribution in [0.5, 0.6) is 0 Å². The molecule has 0 bridgehead atoms. The van der Waals surface area contributed by atoms with E-state index in [9.17, 15) is 4.79 Å². The number of amides is 1. The molecule has 6 heteroatoms. The second-order valence-electron chi connectivity index (χ2n) is 9.20. The lowest BCUT2D eigenvalue weighted by atomic mass is 9.97. The van der Waals surface area contributed by atoms with Gasteiger partial charge in [0.2, 0.25) is 0 Å². The summed E-state index contributed by atoms with van der Waals surface area (Å²) in [5.41, 5.74) is 5.12. The third kappa shape index (κ3) is 5.66. The van der Waals surface area contributed by atoms with Crippen molar-refractivity contribution in [2.75, 3.05) is 31.6 Å². The molecule has 1 N–H and O–H groups in total. The zero-order valence-corrected chi connectivity index (χ0v) is 20.0. The summed E-state index contributed by atoms with van der Waals surface area (Å²) in [4.78, 5) is 23.8. The molecule has 1 aliphatic rings. The van der Waals surface area contributed by atoms with Crippen molar-refractivity contribution in [3.05, 3.63) is 102 Å². The maximum Gasteiger partial charge on any atom is 0.254 e. The predicted molar refractivity (Wildman–Crippen MR) is 138 cm³/mol. The second kappa shape index (κ2) is 10.7. The van der Waals surface area contributed by atoms with E-state index in [1.807, 2.05) is 59.9 Å². The van der Waals surface area contributed by atoms with Crippen LogP contribution in [0.1, 0.15) is 27.0 Å². The van der Waals surface area contributed by atoms with E-state index in [1.165, 1.54) is 10.9 Å². The number of hydrogen-bond donors (Lipinski definition) is 1. The van der Waals surface area contributed by atoms with E-state index < -0.39 is 0 Å². The van der Waals surface area contributed by atoms with E-state index in [0.717, 1.165) is 28.6 Å². The Morgan fingerprint density at radius 3 is 2.83 bits per heavy atom. The van der Waals surface area contributed by atoms with Gasteiger partial charge in [-0.15, -0.1) is 0 Å². The van der Waals surface area contributed by atoms with Crippen LogP contribution in [-0.4, -0.2) is 47.1 Å². The van der Waals surface area contributed by atoms with E-state index in [4.69, 9.17) is 4.74 Å². The minimum absolute atomic E-state index is 0.0505. The zero-order chi connectivity index (χ0) is 24.0. The molecule has 1 atom stereocenters. The maximum atomic E-state index is 13.5. The molecule has 4 aromatic rings. The largest absolute Gasteiger partial charge is 0.381 e. The Morgan fingerprint density at radius 1 is 1.03 bits per heavy atom. The Kier molecular flexibility index (Phi) is 7.00. The fraction of sp³-hybridized carbons (Fsp3) is 0.276. The zero-order valence-electron chi connectivity index (χ0n) is 20.0. The second-order valence-corrected chi connectivity index (χ2v) is 9.20. The molecule has 0 spiro atoms. The van der Waals surface area contributed by atoms with Gasteiger partial charge in [-0.25, -0.2) is 0 Å². The molecule has 6 nitrogen and oxygen atoms in total. The molecule has 1 fully saturated rings. The monoisotopic (exact) mass is 466 g/mol. The topological polar surface area (TPSA) is 67.4 Å². The predicted octanol–water partition coefficient (Wildman–Crippen LogP) is 4.88. The van der Waals surface area contributed by atoms with Gasteiger partial charge in [0.05, 0.1) is 13.2 Å². The van der Waals surface area contributed by atoms with Gasteiger partial charge in [0.15, 0.2) is 0 Å². The molecule has 1 aliphatic heterocycles. The Balaban J connectivity index is 1.28. The number of rotatable bonds is 6. The Morgan fingerprint density at radius 2 is 1.94 bits per heavy atom. The molecule has 178 valence electrons. The molecule has 0 aliphatic carbocycles. The van der Waals surface area contributed by atoms with Crippen molar-refractivity contribution < 1.29 is 9.53 Å². The highest BCUT2D eigenvalue weighted by Crippen LogP contribution is 2.22. The van der Waals surface area contributed by atoms with E-state index in [0.29, 0.717) is 38.4 Å². The molecule has 1 saturated heterocycles. The highest BCUT2D eigenvalue weighted by molar-refractivity contribution is 5.95. The quantitative estimate of drug-likeness (QED) is 0.439. The molecule has 2 aromatic heterocycles. The highest BCUT2D eigenvalue weighted by Gasteiger charge is 2.24. The van der Waals surface area contributed by atoms with Crippen molar-refractivity contribution in [3.8, 4) is 0 Å². The van der Waals surface area contributed by atoms with Crippen LogP contribution in [0.25, 0.3) is 10.8 Å². The fourth-order valence-electron chi connectivity index (χ4n) is 4.61. The Bertz CT molecular complexity index is 1310. The van der Waals surface area contributed by atoms with Crippen LogP contribution >= 0.6 is 0 Å². The molecule has 0 saturated carbocycles. The average molecular weight is 467 g/mol. The summed E-state index contributed by atoms with van der Waals surface area (Å²) < 4.78 is 5.89. The number of aromatic nitrogens is 2. The van der Waals surface area contributed by atoms with E-state index in [-0.39, 0.29) is 11.8 Å². The number of nitrogens with zero attached hydrogens (tertiary/aromatic N) is 3. The van der Waals surface area contributed by atoms with Gasteiger partial charge in [0.25, 0.3) is 5.91 Å². The third-order valence-electron chi connectivity index (χ3n) is 6.54. The Labute approximate surface area is 206 Å². The first-order valence-electron chi connectivity index (χ1n) is 12.1. The molecular weight excluding hydrogens is 436 g/mol. The van der Waals surface area contributed by atoms with Crippen molar-refractivity contribution in [1.82, 2.24) is 14.9 Å². The normalized spacial score (nSPS) is 16.1. The highest BCUT2D eigenvalue weighted by atomic mass is 16.5. The van der Waals surface area contributed by atoms with Crippen molar-refractivity contribution in [2.24, 2.45) is 5.92 Å². The number of carbonyl (C=O) groups excluding carboxylic acids is 1. The summed E-state index contributed by atoms with van der Waals surface area (Å²) in [6.07, 6.45) is 8.19. The molecule has 0 radical (unpaired) electrons. The maximum absolute atomic E-state index is 13.5. The number of nitrogens with one attached hydrogen (secondary N) is 1. The lowest BCUT2D eigenvalue weighted by molar-refractivity contribution is 0.0737. The summed E-state index contributed by atoms with van der Waals surface area (Å²) in [5.74, 6) is 0.295. The minimum Gasteiger partial charge on any atom is -0.381 e. The number of benzene rings is 2. The first-order chi connectivity index (χ1) is 17.2. The summed E-state index contributed by atoms with van der Waals surface area (Å²) >= 11 is 0. The molecule has 35 heavy (non-hydrogen) atoms. The van der Waals surface area contributed by atoms with Gasteiger partial charge in [-0.2, -0.15) is 0 Å². The van der Waals surface area contributed by atoms with Gasteiger partial charge < -0.3 is 15.0 Å². The smallest absolute Gasteiger partial charge is 0.254 e. The number of pyridine rings is 2. The lowest BCUT2D eigenvalue weighted by Gasteiger charge is -2.24. The van der Waals surface area contributed by atoms with Crippen molar-refractivity contribution in [3.63, 3.8) is 0 Å².